The SMILES string of the molecule is CCC(O)(CO)CO.COCCCCCO.COCCCCCO.COCCCCCO. The Morgan fingerprint density at radius 2 is 0.781 bits per heavy atom. The maximum Gasteiger partial charge on any atom is 0.110 e. The van der Waals surface area contributed by atoms with Crippen molar-refractivity contribution >= 4 is 0 Å². The maximum absolute atomic E-state index is 8.94. The molecule has 0 fully saturated rings. The van der Waals surface area contributed by atoms with Crippen molar-refractivity contribution in [1.82, 2.24) is 0 Å². The van der Waals surface area contributed by atoms with Crippen LogP contribution in [0, 0.1) is 0 Å². The molecule has 0 unspecified atom stereocenters. The molecule has 0 atom stereocenters. The monoisotopic (exact) mass is 474 g/mol. The molecule has 0 aromatic rings. The van der Waals surface area contributed by atoms with Gasteiger partial charge in [-0.2, -0.15) is 0 Å². The number of hydrogen-bond acceptors (Lipinski definition) is 9. The Morgan fingerprint density at radius 1 is 0.500 bits per heavy atom. The molecule has 0 aliphatic heterocycles. The van der Waals surface area contributed by atoms with Crippen LogP contribution in [0.25, 0.3) is 0 Å². The van der Waals surface area contributed by atoms with E-state index in [1.807, 2.05) is 0 Å². The molecule has 0 saturated heterocycles. The predicted octanol–water partition coefficient (Wildman–Crippen LogP) is 1.50. The van der Waals surface area contributed by atoms with Gasteiger partial charge in [0.25, 0.3) is 0 Å². The van der Waals surface area contributed by atoms with Crippen molar-refractivity contribution in [2.75, 3.05) is 74.2 Å². The van der Waals surface area contributed by atoms with Crippen molar-refractivity contribution in [2.24, 2.45) is 0 Å². The summed E-state index contributed by atoms with van der Waals surface area (Å²) in [7, 11) is 5.08. The third kappa shape index (κ3) is 43.5. The van der Waals surface area contributed by atoms with Gasteiger partial charge >= 0.3 is 0 Å². The molecular weight excluding hydrogens is 420 g/mol. The second kappa shape index (κ2) is 37.9. The van der Waals surface area contributed by atoms with Gasteiger partial charge in [-0.25, -0.2) is 0 Å². The van der Waals surface area contributed by atoms with Crippen LogP contribution in [0.2, 0.25) is 0 Å². The molecule has 32 heavy (non-hydrogen) atoms. The minimum Gasteiger partial charge on any atom is -0.396 e. The van der Waals surface area contributed by atoms with E-state index < -0.39 is 5.60 Å². The van der Waals surface area contributed by atoms with Crippen LogP contribution in [-0.2, 0) is 14.2 Å². The first-order valence-corrected chi connectivity index (χ1v) is 11.7. The largest absolute Gasteiger partial charge is 0.396 e. The van der Waals surface area contributed by atoms with Gasteiger partial charge in [0.05, 0.1) is 13.2 Å². The smallest absolute Gasteiger partial charge is 0.110 e. The van der Waals surface area contributed by atoms with E-state index in [4.69, 9.17) is 44.8 Å². The van der Waals surface area contributed by atoms with Gasteiger partial charge in [0.1, 0.15) is 5.60 Å². The summed E-state index contributed by atoms with van der Waals surface area (Å²) in [5.41, 5.74) is -1.26. The lowest BCUT2D eigenvalue weighted by molar-refractivity contribution is -0.0568. The zero-order chi connectivity index (χ0) is 25.3. The van der Waals surface area contributed by atoms with Gasteiger partial charge in [-0.1, -0.05) is 6.92 Å². The molecule has 0 rings (SSSR count). The summed E-state index contributed by atoms with van der Waals surface area (Å²) in [6.45, 7) is 4.34. The highest BCUT2D eigenvalue weighted by atomic mass is 16.5. The van der Waals surface area contributed by atoms with Crippen LogP contribution in [-0.4, -0.2) is 110 Å². The van der Waals surface area contributed by atoms with E-state index in [1.54, 1.807) is 28.3 Å². The summed E-state index contributed by atoms with van der Waals surface area (Å²) in [5.74, 6) is 0. The summed E-state index contributed by atoms with van der Waals surface area (Å²) in [4.78, 5) is 0. The van der Waals surface area contributed by atoms with Crippen LogP contribution >= 0.6 is 0 Å². The van der Waals surface area contributed by atoms with Crippen molar-refractivity contribution in [3.63, 3.8) is 0 Å². The Kier molecular flexibility index (Phi) is 46.1. The highest BCUT2D eigenvalue weighted by Crippen LogP contribution is 2.05. The fourth-order valence-electron chi connectivity index (χ4n) is 1.88. The van der Waals surface area contributed by atoms with E-state index in [0.717, 1.165) is 77.6 Å². The van der Waals surface area contributed by atoms with Crippen LogP contribution in [0.5, 0.6) is 0 Å². The molecule has 0 aliphatic rings. The average Bonchev–Trinajstić information content (AvgIpc) is 2.83. The Labute approximate surface area is 196 Å². The predicted molar refractivity (Wildman–Crippen MR) is 128 cm³/mol. The molecule has 0 bridgehead atoms. The third-order valence-corrected chi connectivity index (χ3v) is 4.27. The van der Waals surface area contributed by atoms with Gasteiger partial charge in [-0.15, -0.1) is 0 Å². The quantitative estimate of drug-likeness (QED) is 0.162. The van der Waals surface area contributed by atoms with Crippen LogP contribution in [0.3, 0.4) is 0 Å². The van der Waals surface area contributed by atoms with E-state index in [9.17, 15) is 0 Å². The van der Waals surface area contributed by atoms with E-state index >= 15 is 0 Å². The van der Waals surface area contributed by atoms with Crippen molar-refractivity contribution in [2.45, 2.75) is 76.7 Å². The molecule has 0 aromatic carbocycles. The molecule has 0 spiro atoms. The van der Waals surface area contributed by atoms with Crippen LogP contribution < -0.4 is 0 Å². The van der Waals surface area contributed by atoms with Crippen molar-refractivity contribution in [3.8, 4) is 0 Å². The number of rotatable bonds is 18. The van der Waals surface area contributed by atoms with Gasteiger partial charge in [-0.05, 0) is 64.2 Å². The standard InChI is InChI=1S/3C6H14O2.C5H12O3/c3*1-8-6-4-2-3-5-7;1-2-5(8,3-6)4-7/h3*7H,2-6H2,1H3;6-8H,2-4H2,1H3. The Morgan fingerprint density at radius 3 is 0.906 bits per heavy atom. The van der Waals surface area contributed by atoms with E-state index in [2.05, 4.69) is 0 Å². The summed E-state index contributed by atoms with van der Waals surface area (Å²) in [6, 6.07) is 0. The number of ether oxygens (including phenoxy) is 3. The molecule has 0 heterocycles. The molecule has 0 saturated carbocycles. The van der Waals surface area contributed by atoms with Crippen molar-refractivity contribution in [3.05, 3.63) is 0 Å². The number of aliphatic hydroxyl groups is 6. The number of methoxy groups -OCH3 is 3. The van der Waals surface area contributed by atoms with Gasteiger partial charge in [0.15, 0.2) is 0 Å². The zero-order valence-corrected chi connectivity index (χ0v) is 21.1. The van der Waals surface area contributed by atoms with Crippen LogP contribution in [0.15, 0.2) is 0 Å². The maximum atomic E-state index is 8.94. The second-order valence-corrected chi connectivity index (χ2v) is 7.23. The number of hydrogen-bond donors (Lipinski definition) is 6. The first-order valence-electron chi connectivity index (χ1n) is 11.7. The fourth-order valence-corrected chi connectivity index (χ4v) is 1.88. The molecule has 0 amide bonds. The minimum atomic E-state index is -1.26. The lowest BCUT2D eigenvalue weighted by atomic mass is 10.0. The summed E-state index contributed by atoms with van der Waals surface area (Å²) < 4.78 is 14.4. The van der Waals surface area contributed by atoms with E-state index in [-0.39, 0.29) is 13.2 Å². The molecular formula is C23H54O9. The summed E-state index contributed by atoms with van der Waals surface area (Å²) in [6.07, 6.45) is 9.51. The Hall–Kier alpha value is -0.360. The minimum absolute atomic E-state index is 0.309. The molecule has 0 radical (unpaired) electrons. The molecule has 200 valence electrons. The van der Waals surface area contributed by atoms with Gasteiger partial charge in [0.2, 0.25) is 0 Å². The summed E-state index contributed by atoms with van der Waals surface area (Å²) >= 11 is 0. The number of aliphatic hydroxyl groups excluding tert-OH is 5. The molecule has 0 aromatic heterocycles. The zero-order valence-electron chi connectivity index (χ0n) is 21.1. The first kappa shape index (κ1) is 38.9. The van der Waals surface area contributed by atoms with E-state index in [0.29, 0.717) is 26.2 Å². The van der Waals surface area contributed by atoms with Crippen LogP contribution in [0.4, 0.5) is 0 Å². The topological polar surface area (TPSA) is 149 Å². The summed E-state index contributed by atoms with van der Waals surface area (Å²) in [5, 5.41) is 50.7. The van der Waals surface area contributed by atoms with Crippen LogP contribution in [0.1, 0.15) is 71.1 Å². The highest BCUT2D eigenvalue weighted by Gasteiger charge is 2.21. The second-order valence-electron chi connectivity index (χ2n) is 7.23. The van der Waals surface area contributed by atoms with Gasteiger partial charge in [-0.3, -0.25) is 0 Å². The lowest BCUT2D eigenvalue weighted by Crippen LogP contribution is -2.36. The molecule has 6 N–H and O–H groups in total. The van der Waals surface area contributed by atoms with E-state index in [1.165, 1.54) is 0 Å². The normalized spacial score (nSPS) is 10.3. The molecule has 0 aliphatic carbocycles. The Bertz CT molecular complexity index is 223. The fraction of sp³-hybridized carbons (Fsp3) is 1.00. The average molecular weight is 475 g/mol. The first-order chi connectivity index (χ1) is 15.4. The lowest BCUT2D eigenvalue weighted by Gasteiger charge is -2.19. The Balaban J connectivity index is -0.000000163. The van der Waals surface area contributed by atoms with Gasteiger partial charge < -0.3 is 44.8 Å². The molecule has 9 nitrogen and oxygen atoms in total. The van der Waals surface area contributed by atoms with Gasteiger partial charge in [0, 0.05) is 61.0 Å². The molecule has 9 heteroatoms. The highest BCUT2D eigenvalue weighted by molar-refractivity contribution is 4.72. The van der Waals surface area contributed by atoms with Crippen molar-refractivity contribution in [1.29, 1.82) is 0 Å². The van der Waals surface area contributed by atoms with Crippen molar-refractivity contribution < 1.29 is 44.8 Å². The number of unbranched alkanes of at least 4 members (excludes halogenated alkanes) is 6. The third-order valence-electron chi connectivity index (χ3n) is 4.27.